The number of anilines is 2. The molecular weight excluding hydrogens is 228 g/mol. The summed E-state index contributed by atoms with van der Waals surface area (Å²) >= 11 is 0. The van der Waals surface area contributed by atoms with E-state index in [1.54, 1.807) is 12.3 Å². The van der Waals surface area contributed by atoms with E-state index < -0.39 is 5.60 Å². The minimum Gasteiger partial charge on any atom is -0.395 e. The summed E-state index contributed by atoms with van der Waals surface area (Å²) in [5, 5.41) is 19.0. The second-order valence-corrected chi connectivity index (χ2v) is 5.05. The number of hydrogen-bond acceptors (Lipinski definition) is 5. The third kappa shape index (κ3) is 2.54. The molecule has 0 radical (unpaired) electrons. The van der Waals surface area contributed by atoms with Crippen molar-refractivity contribution in [3.63, 3.8) is 0 Å². The van der Waals surface area contributed by atoms with Gasteiger partial charge in [0.1, 0.15) is 6.07 Å². The van der Waals surface area contributed by atoms with Crippen LogP contribution in [-0.4, -0.2) is 28.8 Å². The molecule has 5 heteroatoms. The highest BCUT2D eigenvalue weighted by Crippen LogP contribution is 2.28. The fraction of sp³-hybridized carbons (Fsp3) is 0.538. The third-order valence-corrected chi connectivity index (χ3v) is 3.45. The van der Waals surface area contributed by atoms with Crippen LogP contribution in [0.4, 0.5) is 11.5 Å². The van der Waals surface area contributed by atoms with Gasteiger partial charge in [0, 0.05) is 19.3 Å². The van der Waals surface area contributed by atoms with E-state index in [1.165, 1.54) is 0 Å². The molecule has 0 aromatic carbocycles. The van der Waals surface area contributed by atoms with Gasteiger partial charge in [0.15, 0.2) is 5.82 Å². The maximum atomic E-state index is 10.1. The highest BCUT2D eigenvalue weighted by Gasteiger charge is 2.26. The number of nitrogens with two attached hydrogens (primary N) is 1. The summed E-state index contributed by atoms with van der Waals surface area (Å²) in [7, 11) is 0. The molecule has 0 bridgehead atoms. The second-order valence-electron chi connectivity index (χ2n) is 5.05. The third-order valence-electron chi connectivity index (χ3n) is 3.45. The number of nitrogen functional groups attached to an aromatic ring is 1. The molecule has 1 aromatic rings. The molecule has 1 saturated heterocycles. The number of hydrogen-bond donors (Lipinski definition) is 2. The van der Waals surface area contributed by atoms with Crippen molar-refractivity contribution in [3.8, 4) is 6.07 Å². The fourth-order valence-corrected chi connectivity index (χ4v) is 2.29. The Hall–Kier alpha value is -1.80. The first kappa shape index (κ1) is 12.7. The van der Waals surface area contributed by atoms with Crippen molar-refractivity contribution in [1.82, 2.24) is 4.98 Å². The molecule has 5 nitrogen and oxygen atoms in total. The zero-order valence-electron chi connectivity index (χ0n) is 10.6. The Morgan fingerprint density at radius 1 is 1.50 bits per heavy atom. The van der Waals surface area contributed by atoms with Crippen LogP contribution < -0.4 is 10.6 Å². The van der Waals surface area contributed by atoms with Gasteiger partial charge in [-0.2, -0.15) is 5.26 Å². The maximum absolute atomic E-state index is 10.1. The Balaban J connectivity index is 2.25. The van der Waals surface area contributed by atoms with Gasteiger partial charge >= 0.3 is 0 Å². The van der Waals surface area contributed by atoms with Crippen LogP contribution in [0, 0.1) is 11.3 Å². The molecule has 1 fully saturated rings. The monoisotopic (exact) mass is 246 g/mol. The van der Waals surface area contributed by atoms with Crippen LogP contribution in [0.5, 0.6) is 0 Å². The molecule has 18 heavy (non-hydrogen) atoms. The summed E-state index contributed by atoms with van der Waals surface area (Å²) in [5.74, 6) is 0.659. The van der Waals surface area contributed by atoms with Crippen molar-refractivity contribution in [2.45, 2.75) is 31.8 Å². The van der Waals surface area contributed by atoms with Gasteiger partial charge in [-0.25, -0.2) is 4.98 Å². The molecule has 1 unspecified atom stereocenters. The molecule has 0 aliphatic carbocycles. The molecule has 1 aliphatic heterocycles. The van der Waals surface area contributed by atoms with E-state index in [4.69, 9.17) is 11.0 Å². The Morgan fingerprint density at radius 3 is 3.00 bits per heavy atom. The van der Waals surface area contributed by atoms with Crippen LogP contribution in [0.15, 0.2) is 12.3 Å². The standard InChI is InChI=1S/C13H18N4O/c1-13(18)4-2-7-17(8-5-13)12-11(15)10(9-14)3-6-16-12/h3,6,18H,2,4-5,7-8,15H2,1H3. The first-order valence-corrected chi connectivity index (χ1v) is 6.15. The van der Waals surface area contributed by atoms with Gasteiger partial charge in [0.25, 0.3) is 0 Å². The van der Waals surface area contributed by atoms with Crippen LogP contribution in [0.1, 0.15) is 31.7 Å². The van der Waals surface area contributed by atoms with Crippen LogP contribution in [0.3, 0.4) is 0 Å². The van der Waals surface area contributed by atoms with E-state index in [2.05, 4.69) is 16.0 Å². The van der Waals surface area contributed by atoms with Gasteiger partial charge in [0.2, 0.25) is 0 Å². The van der Waals surface area contributed by atoms with Gasteiger partial charge in [0.05, 0.1) is 16.9 Å². The van der Waals surface area contributed by atoms with E-state index >= 15 is 0 Å². The average Bonchev–Trinajstić information content (AvgIpc) is 2.51. The van der Waals surface area contributed by atoms with E-state index in [1.807, 2.05) is 6.92 Å². The van der Waals surface area contributed by atoms with Crippen molar-refractivity contribution in [3.05, 3.63) is 17.8 Å². The predicted molar refractivity (Wildman–Crippen MR) is 70.1 cm³/mol. The molecule has 0 amide bonds. The van der Waals surface area contributed by atoms with Crippen molar-refractivity contribution in [1.29, 1.82) is 5.26 Å². The second kappa shape index (κ2) is 4.83. The molecule has 1 aromatic heterocycles. The zero-order valence-corrected chi connectivity index (χ0v) is 10.6. The van der Waals surface area contributed by atoms with Crippen molar-refractivity contribution >= 4 is 11.5 Å². The number of rotatable bonds is 1. The molecule has 3 N–H and O–H groups in total. The van der Waals surface area contributed by atoms with Crippen LogP contribution in [0.25, 0.3) is 0 Å². The van der Waals surface area contributed by atoms with Gasteiger partial charge in [-0.3, -0.25) is 0 Å². The lowest BCUT2D eigenvalue weighted by Gasteiger charge is -2.24. The molecule has 2 rings (SSSR count). The summed E-state index contributed by atoms with van der Waals surface area (Å²) in [4.78, 5) is 6.32. The fourth-order valence-electron chi connectivity index (χ4n) is 2.29. The van der Waals surface area contributed by atoms with E-state index in [0.717, 1.165) is 19.4 Å². The lowest BCUT2D eigenvalue weighted by atomic mass is 9.98. The lowest BCUT2D eigenvalue weighted by molar-refractivity contribution is 0.0481. The lowest BCUT2D eigenvalue weighted by Crippen LogP contribution is -2.29. The average molecular weight is 246 g/mol. The number of pyridine rings is 1. The van der Waals surface area contributed by atoms with Crippen molar-refractivity contribution < 1.29 is 5.11 Å². The summed E-state index contributed by atoms with van der Waals surface area (Å²) in [6, 6.07) is 3.68. The molecule has 96 valence electrons. The van der Waals surface area contributed by atoms with E-state index in [-0.39, 0.29) is 0 Å². The van der Waals surface area contributed by atoms with Gasteiger partial charge in [-0.1, -0.05) is 0 Å². The first-order chi connectivity index (χ1) is 8.53. The number of nitrogens with zero attached hydrogens (tertiary/aromatic N) is 3. The predicted octanol–water partition coefficient (Wildman–Crippen LogP) is 1.28. The number of aromatic nitrogens is 1. The Bertz CT molecular complexity index is 478. The molecule has 1 aliphatic rings. The molecule has 2 heterocycles. The van der Waals surface area contributed by atoms with Gasteiger partial charge < -0.3 is 15.7 Å². The molecule has 1 atom stereocenters. The van der Waals surface area contributed by atoms with Gasteiger partial charge in [-0.15, -0.1) is 0 Å². The normalized spacial score (nSPS) is 24.4. The topological polar surface area (TPSA) is 86.2 Å². The van der Waals surface area contributed by atoms with Crippen LogP contribution in [-0.2, 0) is 0 Å². The Kier molecular flexibility index (Phi) is 3.39. The summed E-state index contributed by atoms with van der Waals surface area (Å²) in [6.45, 7) is 3.38. The summed E-state index contributed by atoms with van der Waals surface area (Å²) in [6.07, 6.45) is 3.96. The van der Waals surface area contributed by atoms with Crippen molar-refractivity contribution in [2.24, 2.45) is 0 Å². The molecule has 0 saturated carbocycles. The zero-order chi connectivity index (χ0) is 13.2. The Morgan fingerprint density at radius 2 is 2.28 bits per heavy atom. The molecular formula is C13H18N4O. The highest BCUT2D eigenvalue weighted by atomic mass is 16.3. The first-order valence-electron chi connectivity index (χ1n) is 6.15. The van der Waals surface area contributed by atoms with Crippen molar-refractivity contribution in [2.75, 3.05) is 23.7 Å². The quantitative estimate of drug-likeness (QED) is 0.779. The summed E-state index contributed by atoms with van der Waals surface area (Å²) in [5.41, 5.74) is 6.23. The van der Waals surface area contributed by atoms with E-state index in [9.17, 15) is 5.11 Å². The number of aliphatic hydroxyl groups is 1. The van der Waals surface area contributed by atoms with E-state index in [0.29, 0.717) is 30.0 Å². The highest BCUT2D eigenvalue weighted by molar-refractivity contribution is 5.70. The maximum Gasteiger partial charge on any atom is 0.153 e. The Labute approximate surface area is 107 Å². The SMILES string of the molecule is CC1(O)CCCN(c2nccc(C#N)c2N)CC1. The molecule has 0 spiro atoms. The van der Waals surface area contributed by atoms with Crippen LogP contribution in [0.2, 0.25) is 0 Å². The van der Waals surface area contributed by atoms with Crippen LogP contribution >= 0.6 is 0 Å². The largest absolute Gasteiger partial charge is 0.395 e. The van der Waals surface area contributed by atoms with Gasteiger partial charge in [-0.05, 0) is 32.3 Å². The minimum atomic E-state index is -0.615. The summed E-state index contributed by atoms with van der Waals surface area (Å²) < 4.78 is 0. The smallest absolute Gasteiger partial charge is 0.153 e. The number of nitriles is 1. The minimum absolute atomic E-state index is 0.432.